The highest BCUT2D eigenvalue weighted by Gasteiger charge is 2.69. The summed E-state index contributed by atoms with van der Waals surface area (Å²) in [6, 6.07) is 0. The zero-order valence-corrected chi connectivity index (χ0v) is 11.9. The van der Waals surface area contributed by atoms with E-state index in [-0.39, 0.29) is 10.8 Å². The predicted octanol–water partition coefficient (Wildman–Crippen LogP) is 2.94. The molecule has 0 radical (unpaired) electrons. The second kappa shape index (κ2) is 3.38. The van der Waals surface area contributed by atoms with E-state index in [0.29, 0.717) is 5.92 Å². The average Bonchev–Trinajstić information content (AvgIpc) is 2.96. The van der Waals surface area contributed by atoms with Gasteiger partial charge in [0.1, 0.15) is 5.60 Å². The summed E-state index contributed by atoms with van der Waals surface area (Å²) < 4.78 is 1.92. The molecule has 2 bridgehead atoms. The Kier molecular flexibility index (Phi) is 2.30. The first kappa shape index (κ1) is 12.2. The predicted molar refractivity (Wildman–Crippen MR) is 71.0 cm³/mol. The normalized spacial score (nSPS) is 41.5. The van der Waals surface area contributed by atoms with E-state index in [0.717, 1.165) is 24.9 Å². The van der Waals surface area contributed by atoms with Gasteiger partial charge in [0.05, 0.1) is 6.20 Å². The summed E-state index contributed by atoms with van der Waals surface area (Å²) in [5, 5.41) is 15.9. The molecule has 0 spiro atoms. The smallest absolute Gasteiger partial charge is 0.103 e. The third kappa shape index (κ3) is 1.16. The van der Waals surface area contributed by atoms with Gasteiger partial charge >= 0.3 is 0 Å². The molecule has 0 amide bonds. The van der Waals surface area contributed by atoms with Gasteiger partial charge in [-0.25, -0.2) is 0 Å². The van der Waals surface area contributed by atoms with Crippen LogP contribution >= 0.6 is 0 Å². The summed E-state index contributed by atoms with van der Waals surface area (Å²) in [7, 11) is 0. The maximum atomic E-state index is 11.5. The number of hydrogen-bond donors (Lipinski definition) is 1. The molecule has 2 saturated carbocycles. The lowest BCUT2D eigenvalue weighted by atomic mass is 9.58. The Hall–Kier alpha value is -0.830. The van der Waals surface area contributed by atoms with E-state index in [2.05, 4.69) is 32.8 Å². The van der Waals surface area contributed by atoms with Gasteiger partial charge in [-0.05, 0) is 32.1 Å². The number of fused-ring (bicyclic) bond motifs is 2. The molecule has 3 unspecified atom stereocenters. The first-order chi connectivity index (χ1) is 8.35. The molecular weight excluding hydrogens is 224 g/mol. The number of aromatic nitrogens is 2. The third-order valence-corrected chi connectivity index (χ3v) is 5.94. The van der Waals surface area contributed by atoms with Gasteiger partial charge in [-0.3, -0.25) is 4.68 Å². The molecular formula is C15H24N2O. The van der Waals surface area contributed by atoms with Crippen LogP contribution in [0, 0.1) is 16.7 Å². The van der Waals surface area contributed by atoms with E-state index >= 15 is 0 Å². The number of hydrogen-bond acceptors (Lipinski definition) is 2. The Morgan fingerprint density at radius 1 is 1.44 bits per heavy atom. The Balaban J connectivity index is 2.12. The molecule has 100 valence electrons. The van der Waals surface area contributed by atoms with Crippen molar-refractivity contribution in [1.29, 1.82) is 0 Å². The molecule has 0 aromatic carbocycles. The molecule has 2 aliphatic carbocycles. The van der Waals surface area contributed by atoms with Crippen LogP contribution in [-0.4, -0.2) is 14.9 Å². The maximum absolute atomic E-state index is 11.5. The number of aryl methyl sites for hydroxylation is 1. The molecule has 0 saturated heterocycles. The second-order valence-electron chi connectivity index (χ2n) is 7.02. The molecule has 1 heterocycles. The monoisotopic (exact) mass is 248 g/mol. The van der Waals surface area contributed by atoms with Crippen molar-refractivity contribution in [3.05, 3.63) is 18.0 Å². The van der Waals surface area contributed by atoms with Crippen LogP contribution in [0.4, 0.5) is 0 Å². The van der Waals surface area contributed by atoms with Crippen molar-refractivity contribution in [3.63, 3.8) is 0 Å². The first-order valence-electron chi connectivity index (χ1n) is 7.10. The standard InChI is InChI=1S/C15H24N2O/c1-5-17-10-12(9-16-17)15(18)13(2,3)11-6-7-14(15,4)8-11/h9-11,18H,5-8H2,1-4H3. The van der Waals surface area contributed by atoms with Gasteiger partial charge in [-0.2, -0.15) is 5.10 Å². The minimum atomic E-state index is -0.726. The van der Waals surface area contributed by atoms with Crippen molar-refractivity contribution in [2.24, 2.45) is 16.7 Å². The molecule has 3 nitrogen and oxygen atoms in total. The van der Waals surface area contributed by atoms with Crippen molar-refractivity contribution in [3.8, 4) is 0 Å². The van der Waals surface area contributed by atoms with Gasteiger partial charge in [-0.1, -0.05) is 20.8 Å². The van der Waals surface area contributed by atoms with Crippen LogP contribution in [-0.2, 0) is 12.1 Å². The zero-order valence-electron chi connectivity index (χ0n) is 11.9. The van der Waals surface area contributed by atoms with Crippen molar-refractivity contribution < 1.29 is 5.11 Å². The summed E-state index contributed by atoms with van der Waals surface area (Å²) in [6.07, 6.45) is 7.45. The van der Waals surface area contributed by atoms with Gasteiger partial charge < -0.3 is 5.11 Å². The van der Waals surface area contributed by atoms with E-state index in [1.807, 2.05) is 17.1 Å². The quantitative estimate of drug-likeness (QED) is 0.874. The minimum Gasteiger partial charge on any atom is -0.384 e. The Bertz CT molecular complexity index is 472. The fraction of sp³-hybridized carbons (Fsp3) is 0.800. The molecule has 1 aromatic heterocycles. The SMILES string of the molecule is CCn1cc(C2(O)C3(C)CCC(C3)C2(C)C)cn1. The van der Waals surface area contributed by atoms with E-state index in [4.69, 9.17) is 0 Å². The summed E-state index contributed by atoms with van der Waals surface area (Å²) in [5.41, 5.74) is 0.250. The highest BCUT2D eigenvalue weighted by molar-refractivity contribution is 5.30. The number of aliphatic hydroxyl groups is 1. The zero-order chi connectivity index (χ0) is 13.2. The maximum Gasteiger partial charge on any atom is 0.103 e. The molecule has 18 heavy (non-hydrogen) atoms. The summed E-state index contributed by atoms with van der Waals surface area (Å²) in [6.45, 7) is 9.65. The van der Waals surface area contributed by atoms with Crippen molar-refractivity contribution in [2.75, 3.05) is 0 Å². The van der Waals surface area contributed by atoms with Crippen LogP contribution < -0.4 is 0 Å². The molecule has 3 heteroatoms. The van der Waals surface area contributed by atoms with Gasteiger partial charge in [0.15, 0.2) is 0 Å². The van der Waals surface area contributed by atoms with E-state index in [9.17, 15) is 5.11 Å². The van der Waals surface area contributed by atoms with E-state index < -0.39 is 5.60 Å². The topological polar surface area (TPSA) is 38.0 Å². The Morgan fingerprint density at radius 3 is 2.67 bits per heavy atom. The van der Waals surface area contributed by atoms with Gasteiger partial charge in [0.25, 0.3) is 0 Å². The van der Waals surface area contributed by atoms with E-state index in [1.165, 1.54) is 6.42 Å². The first-order valence-corrected chi connectivity index (χ1v) is 7.10. The Morgan fingerprint density at radius 2 is 2.17 bits per heavy atom. The lowest BCUT2D eigenvalue weighted by Crippen LogP contribution is -2.51. The second-order valence-corrected chi connectivity index (χ2v) is 7.02. The molecule has 1 N–H and O–H groups in total. The largest absolute Gasteiger partial charge is 0.384 e. The van der Waals surface area contributed by atoms with E-state index in [1.54, 1.807) is 0 Å². The van der Waals surface area contributed by atoms with Gasteiger partial charge in [0, 0.05) is 29.1 Å². The molecule has 2 aliphatic rings. The molecule has 2 fully saturated rings. The molecule has 1 aromatic rings. The molecule has 3 atom stereocenters. The number of nitrogens with zero attached hydrogens (tertiary/aromatic N) is 2. The minimum absolute atomic E-state index is 0.0166. The summed E-state index contributed by atoms with van der Waals surface area (Å²) >= 11 is 0. The fourth-order valence-corrected chi connectivity index (χ4v) is 4.70. The van der Waals surface area contributed by atoms with Gasteiger partial charge in [-0.15, -0.1) is 0 Å². The van der Waals surface area contributed by atoms with Crippen molar-refractivity contribution >= 4 is 0 Å². The highest BCUT2D eigenvalue weighted by atomic mass is 16.3. The number of rotatable bonds is 2. The summed E-state index contributed by atoms with van der Waals surface area (Å²) in [5.74, 6) is 0.637. The average molecular weight is 248 g/mol. The van der Waals surface area contributed by atoms with Crippen LogP contribution in [0.2, 0.25) is 0 Å². The van der Waals surface area contributed by atoms with Crippen LogP contribution in [0.25, 0.3) is 0 Å². The lowest BCUT2D eigenvalue weighted by molar-refractivity contribution is -0.150. The van der Waals surface area contributed by atoms with Crippen molar-refractivity contribution in [1.82, 2.24) is 9.78 Å². The van der Waals surface area contributed by atoms with Crippen LogP contribution in [0.1, 0.15) is 52.5 Å². The van der Waals surface area contributed by atoms with Crippen LogP contribution in [0.5, 0.6) is 0 Å². The van der Waals surface area contributed by atoms with Crippen LogP contribution in [0.3, 0.4) is 0 Å². The van der Waals surface area contributed by atoms with Crippen LogP contribution in [0.15, 0.2) is 12.4 Å². The summed E-state index contributed by atoms with van der Waals surface area (Å²) in [4.78, 5) is 0. The Labute approximate surface area is 109 Å². The highest BCUT2D eigenvalue weighted by Crippen LogP contribution is 2.71. The fourth-order valence-electron chi connectivity index (χ4n) is 4.70. The molecule has 0 aliphatic heterocycles. The van der Waals surface area contributed by atoms with Gasteiger partial charge in [0.2, 0.25) is 0 Å². The lowest BCUT2D eigenvalue weighted by Gasteiger charge is -2.50. The molecule has 3 rings (SSSR count). The van der Waals surface area contributed by atoms with Crippen molar-refractivity contribution in [2.45, 2.75) is 59.1 Å². The third-order valence-electron chi connectivity index (χ3n) is 5.94.